The van der Waals surface area contributed by atoms with Crippen LogP contribution in [-0.4, -0.2) is 93.3 Å². The average molecular weight is 436 g/mol. The second-order valence-electron chi connectivity index (χ2n) is 6.47. The van der Waals surface area contributed by atoms with E-state index in [9.17, 15) is 18.0 Å². The molecule has 28 heavy (non-hydrogen) atoms. The number of benzene rings is 1. The van der Waals surface area contributed by atoms with Gasteiger partial charge in [-0.1, -0.05) is 18.2 Å². The van der Waals surface area contributed by atoms with Crippen molar-refractivity contribution in [1.29, 1.82) is 0 Å². The molecular formula is C17H26ClN3O6S. The zero-order chi connectivity index (χ0) is 20.0. The van der Waals surface area contributed by atoms with Crippen molar-refractivity contribution >= 4 is 40.0 Å². The van der Waals surface area contributed by atoms with E-state index < -0.39 is 28.6 Å². The number of morpholine rings is 1. The molecule has 0 aromatic heterocycles. The summed E-state index contributed by atoms with van der Waals surface area (Å²) < 4.78 is 30.0. The number of amides is 1. The molecular weight excluding hydrogens is 410 g/mol. The van der Waals surface area contributed by atoms with Gasteiger partial charge in [0.15, 0.2) is 0 Å². The fourth-order valence-corrected chi connectivity index (χ4v) is 3.60. The molecule has 0 aliphatic carbocycles. The number of carbonyl (C=O) groups excluding carboxylic acids is 1. The Morgan fingerprint density at radius 2 is 1.93 bits per heavy atom. The third-order valence-electron chi connectivity index (χ3n) is 4.29. The van der Waals surface area contributed by atoms with Crippen LogP contribution in [0.5, 0.6) is 0 Å². The molecule has 1 amide bonds. The average Bonchev–Trinajstić information content (AvgIpc) is 2.60. The maximum Gasteiger partial charge on any atom is 0.318 e. The predicted octanol–water partition coefficient (Wildman–Crippen LogP) is 0.118. The number of rotatable bonds is 8. The first-order valence-electron chi connectivity index (χ1n) is 8.49. The normalized spacial score (nSPS) is 17.8. The molecule has 1 aromatic carbocycles. The van der Waals surface area contributed by atoms with Crippen molar-refractivity contribution in [1.82, 2.24) is 9.21 Å². The predicted molar refractivity (Wildman–Crippen MR) is 107 cm³/mol. The minimum atomic E-state index is -3.67. The van der Waals surface area contributed by atoms with E-state index in [0.717, 1.165) is 16.2 Å². The first kappa shape index (κ1) is 24.3. The van der Waals surface area contributed by atoms with Crippen molar-refractivity contribution in [3.8, 4) is 0 Å². The van der Waals surface area contributed by atoms with Crippen LogP contribution in [0.15, 0.2) is 30.3 Å². The highest BCUT2D eigenvalue weighted by Crippen LogP contribution is 2.13. The second kappa shape index (κ2) is 10.7. The van der Waals surface area contributed by atoms with Crippen molar-refractivity contribution in [3.05, 3.63) is 30.3 Å². The summed E-state index contributed by atoms with van der Waals surface area (Å²) in [6.45, 7) is 0.724. The lowest BCUT2D eigenvalue weighted by Gasteiger charge is -2.35. The Morgan fingerprint density at radius 3 is 2.50 bits per heavy atom. The molecule has 1 aromatic rings. The maximum absolute atomic E-state index is 12.5. The van der Waals surface area contributed by atoms with Gasteiger partial charge in [0, 0.05) is 32.4 Å². The van der Waals surface area contributed by atoms with Crippen LogP contribution in [0.1, 0.15) is 0 Å². The Labute approximate surface area is 171 Å². The lowest BCUT2D eigenvalue weighted by Crippen LogP contribution is -2.51. The second-order valence-corrected chi connectivity index (χ2v) is 8.45. The number of carbonyl (C=O) groups is 2. The van der Waals surface area contributed by atoms with Gasteiger partial charge in [-0.25, -0.2) is 8.42 Å². The molecule has 1 heterocycles. The molecule has 1 aliphatic heterocycles. The Morgan fingerprint density at radius 1 is 1.29 bits per heavy atom. The van der Waals surface area contributed by atoms with Crippen LogP contribution in [0.25, 0.3) is 0 Å². The molecule has 9 nitrogen and oxygen atoms in total. The molecule has 0 radical (unpaired) electrons. The van der Waals surface area contributed by atoms with Crippen LogP contribution in [-0.2, 0) is 24.3 Å². The lowest BCUT2D eigenvalue weighted by atomic mass is 10.2. The number of likely N-dealkylation sites (N-methyl/N-ethyl adjacent to an activating group) is 1. The SMILES string of the molecule is CN(C(=O)CN1CCOC(CN(CC(=O)O)S(C)(=O)=O)C1)c1ccccc1.Cl. The quantitative estimate of drug-likeness (QED) is 0.617. The minimum Gasteiger partial charge on any atom is -0.480 e. The Kier molecular flexibility index (Phi) is 9.31. The molecule has 1 aliphatic rings. The molecule has 0 saturated carbocycles. The number of nitrogens with zero attached hydrogens (tertiary/aromatic N) is 3. The van der Waals surface area contributed by atoms with E-state index in [1.54, 1.807) is 11.9 Å². The monoisotopic (exact) mass is 435 g/mol. The highest BCUT2D eigenvalue weighted by molar-refractivity contribution is 7.88. The summed E-state index contributed by atoms with van der Waals surface area (Å²) in [5.41, 5.74) is 0.789. The summed E-state index contributed by atoms with van der Waals surface area (Å²) >= 11 is 0. The van der Waals surface area contributed by atoms with Gasteiger partial charge in [0.2, 0.25) is 15.9 Å². The summed E-state index contributed by atoms with van der Waals surface area (Å²) in [5.74, 6) is -1.32. The standard InChI is InChI=1S/C17H25N3O6S.ClH/c1-18(14-6-4-3-5-7-14)16(21)12-19-8-9-26-15(10-19)11-20(13-17(22)23)27(2,24)25;/h3-7,15H,8-13H2,1-2H3,(H,22,23);1H. The highest BCUT2D eigenvalue weighted by atomic mass is 35.5. The lowest BCUT2D eigenvalue weighted by molar-refractivity contribution is -0.137. The van der Waals surface area contributed by atoms with Gasteiger partial charge in [0.1, 0.15) is 6.54 Å². The van der Waals surface area contributed by atoms with Crippen molar-refractivity contribution in [3.63, 3.8) is 0 Å². The zero-order valence-electron chi connectivity index (χ0n) is 15.9. The van der Waals surface area contributed by atoms with E-state index in [2.05, 4.69) is 0 Å². The maximum atomic E-state index is 12.5. The van der Waals surface area contributed by atoms with E-state index in [1.807, 2.05) is 35.2 Å². The van der Waals surface area contributed by atoms with Crippen LogP contribution < -0.4 is 4.90 Å². The third kappa shape index (κ3) is 7.36. The van der Waals surface area contributed by atoms with Gasteiger partial charge in [-0.2, -0.15) is 4.31 Å². The first-order valence-corrected chi connectivity index (χ1v) is 10.3. The first-order chi connectivity index (χ1) is 12.7. The van der Waals surface area contributed by atoms with Gasteiger partial charge in [-0.15, -0.1) is 12.4 Å². The van der Waals surface area contributed by atoms with Gasteiger partial charge in [-0.3, -0.25) is 14.5 Å². The molecule has 1 N–H and O–H groups in total. The van der Waals surface area contributed by atoms with E-state index in [4.69, 9.17) is 9.84 Å². The fraction of sp³-hybridized carbons (Fsp3) is 0.529. The molecule has 1 fully saturated rings. The number of carboxylic acid groups (broad SMARTS) is 1. The number of sulfonamides is 1. The van der Waals surface area contributed by atoms with Gasteiger partial charge in [0.25, 0.3) is 0 Å². The van der Waals surface area contributed by atoms with Gasteiger partial charge in [0.05, 0.1) is 25.5 Å². The summed E-state index contributed by atoms with van der Waals surface area (Å²) in [6, 6.07) is 9.27. The van der Waals surface area contributed by atoms with Gasteiger partial charge >= 0.3 is 5.97 Å². The molecule has 158 valence electrons. The zero-order valence-corrected chi connectivity index (χ0v) is 17.5. The number of aliphatic carboxylic acids is 1. The molecule has 2 rings (SSSR count). The van der Waals surface area contributed by atoms with Crippen molar-refractivity contribution in [2.75, 3.05) is 57.5 Å². The Hall–Kier alpha value is -1.72. The summed E-state index contributed by atoms with van der Waals surface area (Å²) in [4.78, 5) is 26.9. The fourth-order valence-electron chi connectivity index (χ4n) is 2.82. The van der Waals surface area contributed by atoms with E-state index in [0.29, 0.717) is 19.7 Å². The van der Waals surface area contributed by atoms with Crippen LogP contribution >= 0.6 is 12.4 Å². The molecule has 1 atom stereocenters. The molecule has 0 bridgehead atoms. The van der Waals surface area contributed by atoms with Crippen LogP contribution in [0, 0.1) is 0 Å². The van der Waals surface area contributed by atoms with Crippen molar-refractivity contribution in [2.45, 2.75) is 6.10 Å². The van der Waals surface area contributed by atoms with E-state index in [-0.39, 0.29) is 31.4 Å². The van der Waals surface area contributed by atoms with Gasteiger partial charge < -0.3 is 14.7 Å². The largest absolute Gasteiger partial charge is 0.480 e. The molecule has 1 saturated heterocycles. The Balaban J connectivity index is 0.00000392. The number of halogens is 1. The topological polar surface area (TPSA) is 107 Å². The van der Waals surface area contributed by atoms with Crippen LogP contribution in [0.4, 0.5) is 5.69 Å². The van der Waals surface area contributed by atoms with Gasteiger partial charge in [-0.05, 0) is 12.1 Å². The van der Waals surface area contributed by atoms with Crippen LogP contribution in [0.3, 0.4) is 0 Å². The summed E-state index contributed by atoms with van der Waals surface area (Å²) in [7, 11) is -1.97. The Bertz CT molecular complexity index is 761. The molecule has 11 heteroatoms. The number of carboxylic acids is 1. The number of hydrogen-bond acceptors (Lipinski definition) is 6. The van der Waals surface area contributed by atoms with E-state index in [1.165, 1.54) is 0 Å². The number of ether oxygens (including phenoxy) is 1. The highest BCUT2D eigenvalue weighted by Gasteiger charge is 2.29. The molecule has 1 unspecified atom stereocenters. The summed E-state index contributed by atoms with van der Waals surface area (Å²) in [6.07, 6.45) is 0.470. The van der Waals surface area contributed by atoms with Crippen LogP contribution in [0.2, 0.25) is 0 Å². The number of para-hydroxylation sites is 1. The summed E-state index contributed by atoms with van der Waals surface area (Å²) in [5, 5.41) is 8.91. The third-order valence-corrected chi connectivity index (χ3v) is 5.50. The minimum absolute atomic E-state index is 0. The number of hydrogen-bond donors (Lipinski definition) is 1. The molecule has 0 spiro atoms. The number of anilines is 1. The van der Waals surface area contributed by atoms with Crippen molar-refractivity contribution < 1.29 is 27.9 Å². The smallest absolute Gasteiger partial charge is 0.318 e. The van der Waals surface area contributed by atoms with E-state index >= 15 is 0 Å². The van der Waals surface area contributed by atoms with Crippen molar-refractivity contribution in [2.24, 2.45) is 0 Å².